The lowest BCUT2D eigenvalue weighted by Gasteiger charge is -2.24. The van der Waals surface area contributed by atoms with Crippen LogP contribution in [-0.4, -0.2) is 17.0 Å². The Morgan fingerprint density at radius 1 is 1.25 bits per heavy atom. The van der Waals surface area contributed by atoms with Gasteiger partial charge in [-0.2, -0.15) is 0 Å². The molecule has 5 heteroatoms. The molecule has 1 saturated carbocycles. The molecule has 0 radical (unpaired) electrons. The van der Waals surface area contributed by atoms with Crippen LogP contribution < -0.4 is 11.1 Å². The zero-order valence-corrected chi connectivity index (χ0v) is 11.5. The van der Waals surface area contributed by atoms with Gasteiger partial charge in [-0.1, -0.05) is 54.8 Å². The maximum absolute atomic E-state index is 12.3. The molecule has 1 amide bonds. The lowest BCUT2D eigenvalue weighted by atomic mass is 9.88. The van der Waals surface area contributed by atoms with E-state index in [0.717, 1.165) is 31.2 Å². The van der Waals surface area contributed by atoms with Crippen LogP contribution in [0.15, 0.2) is 35.5 Å². The number of hydrogen-bond donors (Lipinski definition) is 3. The zero-order valence-electron chi connectivity index (χ0n) is 11.5. The Morgan fingerprint density at radius 2 is 1.90 bits per heavy atom. The van der Waals surface area contributed by atoms with Gasteiger partial charge >= 0.3 is 0 Å². The Hall–Kier alpha value is -2.04. The van der Waals surface area contributed by atoms with Crippen LogP contribution >= 0.6 is 0 Å². The molecular formula is C15H21N3O2. The molecule has 108 valence electrons. The lowest BCUT2D eigenvalue weighted by molar-refractivity contribution is -0.126. The van der Waals surface area contributed by atoms with Crippen LogP contribution in [0, 0.1) is 5.92 Å². The van der Waals surface area contributed by atoms with Gasteiger partial charge < -0.3 is 16.3 Å². The molecule has 20 heavy (non-hydrogen) atoms. The van der Waals surface area contributed by atoms with E-state index < -0.39 is 6.04 Å². The number of nitrogens with zero attached hydrogens (tertiary/aromatic N) is 1. The van der Waals surface area contributed by atoms with Gasteiger partial charge in [-0.3, -0.25) is 4.79 Å². The summed E-state index contributed by atoms with van der Waals surface area (Å²) < 4.78 is 0. The monoisotopic (exact) mass is 275 g/mol. The highest BCUT2D eigenvalue weighted by Crippen LogP contribution is 2.24. The summed E-state index contributed by atoms with van der Waals surface area (Å²) in [7, 11) is 0. The number of nitrogens with one attached hydrogen (secondary N) is 1. The predicted octanol–water partition coefficient (Wildman–Crippen LogP) is 2.17. The fraction of sp³-hybridized carbons (Fsp3) is 0.467. The quantitative estimate of drug-likeness (QED) is 0.340. The molecule has 1 fully saturated rings. The summed E-state index contributed by atoms with van der Waals surface area (Å²) in [5.41, 5.74) is 6.52. The number of hydrogen-bond acceptors (Lipinski definition) is 3. The molecule has 0 aliphatic heterocycles. The largest absolute Gasteiger partial charge is 0.409 e. The van der Waals surface area contributed by atoms with Crippen molar-refractivity contribution in [3.05, 3.63) is 35.9 Å². The summed E-state index contributed by atoms with van der Waals surface area (Å²) >= 11 is 0. The zero-order chi connectivity index (χ0) is 14.4. The lowest BCUT2D eigenvalue weighted by Crippen LogP contribution is -2.41. The molecule has 0 aromatic heterocycles. The summed E-state index contributed by atoms with van der Waals surface area (Å²) in [6, 6.07) is 8.74. The van der Waals surface area contributed by atoms with E-state index in [1.54, 1.807) is 0 Å². The second-order valence-corrected chi connectivity index (χ2v) is 5.21. The van der Waals surface area contributed by atoms with Crippen molar-refractivity contribution >= 4 is 11.7 Å². The average molecular weight is 275 g/mol. The molecule has 5 nitrogen and oxygen atoms in total. The maximum Gasteiger partial charge on any atom is 0.223 e. The molecule has 2 rings (SSSR count). The van der Waals surface area contributed by atoms with Gasteiger partial charge in [-0.05, 0) is 18.4 Å². The van der Waals surface area contributed by atoms with Crippen molar-refractivity contribution < 1.29 is 10.0 Å². The Morgan fingerprint density at radius 3 is 2.50 bits per heavy atom. The third-order valence-corrected chi connectivity index (χ3v) is 3.81. The molecule has 1 unspecified atom stereocenters. The minimum absolute atomic E-state index is 0.000333. The molecule has 1 aliphatic rings. The minimum Gasteiger partial charge on any atom is -0.409 e. The van der Waals surface area contributed by atoms with Crippen LogP contribution in [0.25, 0.3) is 0 Å². The number of carbonyl (C=O) groups is 1. The fourth-order valence-corrected chi connectivity index (χ4v) is 2.66. The highest BCUT2D eigenvalue weighted by molar-refractivity contribution is 5.91. The highest BCUT2D eigenvalue weighted by Gasteiger charge is 2.25. The minimum atomic E-state index is -0.573. The second kappa shape index (κ2) is 6.93. The Labute approximate surface area is 118 Å². The van der Waals surface area contributed by atoms with Crippen LogP contribution in [-0.2, 0) is 4.79 Å². The predicted molar refractivity (Wildman–Crippen MR) is 77.3 cm³/mol. The second-order valence-electron chi connectivity index (χ2n) is 5.21. The summed E-state index contributed by atoms with van der Waals surface area (Å²) in [4.78, 5) is 12.3. The number of nitrogens with two attached hydrogens (primary N) is 1. The third kappa shape index (κ3) is 3.50. The van der Waals surface area contributed by atoms with Crippen molar-refractivity contribution in [1.29, 1.82) is 0 Å². The number of oxime groups is 1. The summed E-state index contributed by atoms with van der Waals surface area (Å²) in [5.74, 6) is 0.0342. The van der Waals surface area contributed by atoms with E-state index in [0.29, 0.717) is 0 Å². The van der Waals surface area contributed by atoms with Gasteiger partial charge in [0.15, 0.2) is 5.84 Å². The fourth-order valence-electron chi connectivity index (χ4n) is 2.66. The normalized spacial score (nSPS) is 18.5. The highest BCUT2D eigenvalue weighted by atomic mass is 16.4. The van der Waals surface area contributed by atoms with Crippen LogP contribution in [0.5, 0.6) is 0 Å². The van der Waals surface area contributed by atoms with Crippen LogP contribution in [0.2, 0.25) is 0 Å². The van der Waals surface area contributed by atoms with Crippen molar-refractivity contribution in [3.8, 4) is 0 Å². The van der Waals surface area contributed by atoms with Gasteiger partial charge in [0, 0.05) is 5.92 Å². The van der Waals surface area contributed by atoms with E-state index in [9.17, 15) is 4.79 Å². The smallest absolute Gasteiger partial charge is 0.223 e. The van der Waals surface area contributed by atoms with Gasteiger partial charge in [0.05, 0.1) is 0 Å². The molecule has 0 spiro atoms. The van der Waals surface area contributed by atoms with Gasteiger partial charge in [-0.25, -0.2) is 0 Å². The molecule has 1 atom stereocenters. The van der Waals surface area contributed by atoms with E-state index in [1.807, 2.05) is 30.3 Å². The first-order valence-corrected chi connectivity index (χ1v) is 7.05. The van der Waals surface area contributed by atoms with Gasteiger partial charge in [-0.15, -0.1) is 0 Å². The molecule has 1 aliphatic carbocycles. The van der Waals surface area contributed by atoms with Crippen molar-refractivity contribution in [3.63, 3.8) is 0 Å². The number of carbonyl (C=O) groups excluding carboxylic acids is 1. The Balaban J connectivity index is 2.10. The number of amides is 1. The van der Waals surface area contributed by atoms with Crippen LogP contribution in [0.4, 0.5) is 0 Å². The first-order valence-electron chi connectivity index (χ1n) is 7.05. The average Bonchev–Trinajstić information content (AvgIpc) is 2.53. The molecular weight excluding hydrogens is 254 g/mol. The standard InChI is InChI=1S/C15H21N3O2/c16-14(18-20)13(11-7-3-1-4-8-11)17-15(19)12-9-5-2-6-10-12/h1,3-4,7-8,12-13,20H,2,5-6,9-10H2,(H2,16,18)(H,17,19). The molecule has 0 heterocycles. The van der Waals surface area contributed by atoms with Crippen molar-refractivity contribution in [2.24, 2.45) is 16.8 Å². The van der Waals surface area contributed by atoms with Gasteiger partial charge in [0.2, 0.25) is 5.91 Å². The van der Waals surface area contributed by atoms with E-state index in [4.69, 9.17) is 10.9 Å². The van der Waals surface area contributed by atoms with Crippen LogP contribution in [0.1, 0.15) is 43.7 Å². The number of rotatable bonds is 4. The van der Waals surface area contributed by atoms with Gasteiger partial charge in [0.1, 0.15) is 6.04 Å². The SMILES string of the molecule is N/C(=N\O)C(NC(=O)C1CCCCC1)c1ccccc1. The summed E-state index contributed by atoms with van der Waals surface area (Å²) in [5, 5.41) is 14.8. The van der Waals surface area contributed by atoms with E-state index in [2.05, 4.69) is 10.5 Å². The van der Waals surface area contributed by atoms with Crippen molar-refractivity contribution in [1.82, 2.24) is 5.32 Å². The number of benzene rings is 1. The topological polar surface area (TPSA) is 87.7 Å². The van der Waals surface area contributed by atoms with E-state index in [1.165, 1.54) is 6.42 Å². The Kier molecular flexibility index (Phi) is 4.98. The van der Waals surface area contributed by atoms with Gasteiger partial charge in [0.25, 0.3) is 0 Å². The van der Waals surface area contributed by atoms with E-state index in [-0.39, 0.29) is 17.7 Å². The first kappa shape index (κ1) is 14.4. The third-order valence-electron chi connectivity index (χ3n) is 3.81. The number of amidine groups is 1. The maximum atomic E-state index is 12.3. The molecule has 0 bridgehead atoms. The Bertz CT molecular complexity index is 467. The summed E-state index contributed by atoms with van der Waals surface area (Å²) in [6.45, 7) is 0. The van der Waals surface area contributed by atoms with Crippen molar-refractivity contribution in [2.75, 3.05) is 0 Å². The van der Waals surface area contributed by atoms with Crippen LogP contribution in [0.3, 0.4) is 0 Å². The summed E-state index contributed by atoms with van der Waals surface area (Å²) in [6.07, 6.45) is 5.23. The molecule has 0 saturated heterocycles. The van der Waals surface area contributed by atoms with E-state index >= 15 is 0 Å². The molecule has 1 aromatic carbocycles. The molecule has 1 aromatic rings. The molecule has 4 N–H and O–H groups in total. The first-order chi connectivity index (χ1) is 9.72. The van der Waals surface area contributed by atoms with Crippen molar-refractivity contribution in [2.45, 2.75) is 38.1 Å².